The number of aliphatic hydroxyl groups is 8. The van der Waals surface area contributed by atoms with Gasteiger partial charge in [-0.05, 0) is 94.5 Å². The Hall–Kier alpha value is -5.46. The number of para-hydroxylation sites is 2. The van der Waals surface area contributed by atoms with Crippen molar-refractivity contribution in [2.24, 2.45) is 0 Å². The van der Waals surface area contributed by atoms with E-state index in [0.717, 1.165) is 44.5 Å². The Balaban J connectivity index is 1.28. The summed E-state index contributed by atoms with van der Waals surface area (Å²) in [5, 5.41) is 87.1. The van der Waals surface area contributed by atoms with Crippen LogP contribution in [0.2, 0.25) is 0 Å². The lowest BCUT2D eigenvalue weighted by Gasteiger charge is -2.39. The van der Waals surface area contributed by atoms with Crippen LogP contribution in [0.15, 0.2) is 60.7 Å². The van der Waals surface area contributed by atoms with Crippen molar-refractivity contribution in [3.8, 4) is 23.0 Å². The largest absolute Gasteiger partial charge is 0.493 e. The molecule has 4 aromatic carbocycles. The van der Waals surface area contributed by atoms with Gasteiger partial charge in [-0.25, -0.2) is 0 Å². The third kappa shape index (κ3) is 14.7. The van der Waals surface area contributed by atoms with Gasteiger partial charge in [-0.3, -0.25) is 9.59 Å². The molecule has 2 aliphatic heterocycles. The van der Waals surface area contributed by atoms with E-state index in [1.165, 1.54) is 0 Å². The van der Waals surface area contributed by atoms with Crippen LogP contribution in [-0.4, -0.2) is 180 Å². The van der Waals surface area contributed by atoms with E-state index >= 15 is 0 Å². The molecule has 20 nitrogen and oxygen atoms in total. The van der Waals surface area contributed by atoms with Crippen LogP contribution in [-0.2, 0) is 44.6 Å². The van der Waals surface area contributed by atoms with Crippen LogP contribution in [0.1, 0.15) is 119 Å². The Morgan fingerprint density at radius 3 is 1.03 bits per heavy atom. The van der Waals surface area contributed by atoms with Gasteiger partial charge in [0.05, 0.1) is 52.9 Å². The van der Waals surface area contributed by atoms with Gasteiger partial charge in [0.2, 0.25) is 0 Å². The molecule has 4 aromatic rings. The highest BCUT2D eigenvalue weighted by atomic mass is 16.7. The van der Waals surface area contributed by atoms with Gasteiger partial charge in [0.15, 0.2) is 12.6 Å². The number of hydrogen-bond acceptors (Lipinski definition) is 18. The van der Waals surface area contributed by atoms with Crippen molar-refractivity contribution in [1.29, 1.82) is 0 Å². The van der Waals surface area contributed by atoms with Crippen LogP contribution >= 0.6 is 0 Å². The lowest BCUT2D eigenvalue weighted by atomic mass is 9.89. The maximum atomic E-state index is 14.3. The molecule has 0 radical (unpaired) electrons. The molecule has 1 aliphatic carbocycles. The van der Waals surface area contributed by atoms with Crippen molar-refractivity contribution >= 4 is 11.8 Å². The number of amides is 2. The average molecular weight is 1090 g/mol. The monoisotopic (exact) mass is 1090 g/mol. The zero-order valence-corrected chi connectivity index (χ0v) is 44.9. The Morgan fingerprint density at radius 2 is 0.744 bits per heavy atom. The Kier molecular flexibility index (Phi) is 22.5. The van der Waals surface area contributed by atoms with Gasteiger partial charge in [0.25, 0.3) is 11.8 Å². The summed E-state index contributed by atoms with van der Waals surface area (Å²) in [6, 6.07) is 19.1. The van der Waals surface area contributed by atoms with E-state index in [4.69, 9.17) is 37.9 Å². The molecular formula is C58H78N2O18. The molecular weight excluding hydrogens is 1010 g/mol. The molecule has 20 heteroatoms. The van der Waals surface area contributed by atoms with Crippen LogP contribution in [0.5, 0.6) is 23.0 Å². The number of aliphatic hydroxyl groups excluding tert-OH is 8. The molecule has 2 fully saturated rings. The van der Waals surface area contributed by atoms with Crippen LogP contribution < -0.4 is 29.6 Å². The molecule has 78 heavy (non-hydrogen) atoms. The van der Waals surface area contributed by atoms with E-state index in [1.807, 2.05) is 88.4 Å². The standard InChI is InChI=1S/C58H78N2O18/c1-5-17-71-51-33-11-9-12-34(51)24-38-28-42(56(70)60-16-22-76-58-50(68)48(66)46(64)44(32-62)78-58)30-40(54(38)74-20-8-4)26-36-14-10-13-35(52(36)72-18-6-2)25-39-29-41(27-37(23-33)53(39)73-19-7-3)55(69)59-15-21-75-57-49(67)47(65)45(63)43(31-61)77-57/h9-14,27-30,43-50,57-58,61-68H,5-8,15-26,31-32H2,1-4H3,(H,59,69)(H,60,70)/t43-,44-,45-,46-,47+,48+,49-,50-,57-,58-/m1/s1. The highest BCUT2D eigenvalue weighted by Gasteiger charge is 2.45. The first-order chi connectivity index (χ1) is 37.7. The fourth-order valence-electron chi connectivity index (χ4n) is 9.80. The molecule has 2 amide bonds. The van der Waals surface area contributed by atoms with E-state index in [1.54, 1.807) is 0 Å². The number of benzene rings is 4. The van der Waals surface area contributed by atoms with Crippen LogP contribution in [0.25, 0.3) is 0 Å². The second-order valence-electron chi connectivity index (χ2n) is 19.8. The first-order valence-electron chi connectivity index (χ1n) is 27.2. The Labute approximate surface area is 455 Å². The Bertz CT molecular complexity index is 2330. The van der Waals surface area contributed by atoms with Crippen molar-refractivity contribution in [2.45, 2.75) is 140 Å². The Morgan fingerprint density at radius 1 is 0.449 bits per heavy atom. The molecule has 0 unspecified atom stereocenters. The summed E-state index contributed by atoms with van der Waals surface area (Å²) in [6.45, 7) is 8.16. The van der Waals surface area contributed by atoms with Crippen LogP contribution in [0.4, 0.5) is 0 Å². The number of carbonyl (C=O) groups is 2. The van der Waals surface area contributed by atoms with Crippen molar-refractivity contribution in [3.05, 3.63) is 116 Å². The third-order valence-corrected chi connectivity index (χ3v) is 13.7. The lowest BCUT2D eigenvalue weighted by molar-refractivity contribution is -0.300. The van der Waals surface area contributed by atoms with E-state index in [-0.39, 0.29) is 52.0 Å². The normalized spacial score (nSPS) is 24.0. The number of carbonyl (C=O) groups excluding carboxylic acids is 2. The summed E-state index contributed by atoms with van der Waals surface area (Å²) < 4.78 is 49.0. The van der Waals surface area contributed by atoms with Gasteiger partial charge in [-0.2, -0.15) is 0 Å². The highest BCUT2D eigenvalue weighted by molar-refractivity contribution is 5.95. The highest BCUT2D eigenvalue weighted by Crippen LogP contribution is 2.40. The minimum absolute atomic E-state index is 0.0197. The van der Waals surface area contributed by atoms with Gasteiger partial charge in [0, 0.05) is 49.9 Å². The smallest absolute Gasteiger partial charge is 0.251 e. The third-order valence-electron chi connectivity index (χ3n) is 13.7. The second kappa shape index (κ2) is 29.1. The average Bonchev–Trinajstić information content (AvgIpc) is 3.44. The van der Waals surface area contributed by atoms with Gasteiger partial charge >= 0.3 is 0 Å². The molecule has 0 saturated carbocycles. The van der Waals surface area contributed by atoms with Crippen LogP contribution in [0, 0.1) is 0 Å². The number of nitrogens with one attached hydrogen (secondary N) is 2. The minimum atomic E-state index is -1.61. The summed E-state index contributed by atoms with van der Waals surface area (Å²) in [4.78, 5) is 28.6. The predicted octanol–water partition coefficient (Wildman–Crippen LogP) is 2.61. The number of rotatable bonds is 24. The molecule has 7 rings (SSSR count). The fraction of sp³-hybridized carbons (Fsp3) is 0.552. The molecule has 10 atom stereocenters. The minimum Gasteiger partial charge on any atom is -0.493 e. The van der Waals surface area contributed by atoms with Gasteiger partial charge in [0.1, 0.15) is 71.8 Å². The summed E-state index contributed by atoms with van der Waals surface area (Å²) >= 11 is 0. The topological polar surface area (TPSA) is 294 Å². The lowest BCUT2D eigenvalue weighted by Crippen LogP contribution is -2.59. The van der Waals surface area contributed by atoms with E-state index < -0.39 is 86.4 Å². The molecule has 3 aliphatic rings. The van der Waals surface area contributed by atoms with Gasteiger partial charge in [-0.15, -0.1) is 0 Å². The maximum absolute atomic E-state index is 14.3. The van der Waals surface area contributed by atoms with Crippen molar-refractivity contribution < 1.29 is 88.3 Å². The summed E-state index contributed by atoms with van der Waals surface area (Å²) in [5.41, 5.74) is 6.89. The number of fused-ring (bicyclic) bond motifs is 8. The number of hydrogen-bond donors (Lipinski definition) is 10. The number of ether oxygens (including phenoxy) is 8. The van der Waals surface area contributed by atoms with Crippen LogP contribution in [0.3, 0.4) is 0 Å². The first kappa shape index (κ1) is 60.2. The van der Waals surface area contributed by atoms with E-state index in [9.17, 15) is 50.4 Å². The molecule has 2 heterocycles. The van der Waals surface area contributed by atoms with Gasteiger partial charge < -0.3 is 89.4 Å². The molecule has 2 saturated heterocycles. The predicted molar refractivity (Wildman–Crippen MR) is 284 cm³/mol. The first-order valence-corrected chi connectivity index (χ1v) is 27.2. The second-order valence-corrected chi connectivity index (χ2v) is 19.8. The fourth-order valence-corrected chi connectivity index (χ4v) is 9.80. The van der Waals surface area contributed by atoms with Crippen molar-refractivity contribution in [1.82, 2.24) is 10.6 Å². The molecule has 8 bridgehead atoms. The summed E-state index contributed by atoms with van der Waals surface area (Å²) in [6.07, 6.45) is -10.5. The quantitative estimate of drug-likeness (QED) is 0.0398. The van der Waals surface area contributed by atoms with E-state index in [2.05, 4.69) is 10.6 Å². The summed E-state index contributed by atoms with van der Waals surface area (Å²) in [7, 11) is 0. The van der Waals surface area contributed by atoms with Gasteiger partial charge in [-0.1, -0.05) is 64.1 Å². The van der Waals surface area contributed by atoms with Crippen molar-refractivity contribution in [3.63, 3.8) is 0 Å². The maximum Gasteiger partial charge on any atom is 0.251 e. The molecule has 428 valence electrons. The zero-order valence-electron chi connectivity index (χ0n) is 44.9. The zero-order chi connectivity index (χ0) is 55.9. The SMILES string of the molecule is CCCOc1c2cccc1Cc1cc(C(=O)NCCO[C@@H]3O[C@H](CO)[C@@H](O)[C@H](O)[C@H]3O)cc(c1OCCC)Cc1cccc(c1OCCC)Cc1cc(C(=O)NCCO[C@@H]3O[C@H](CO)[C@@H](O)[C@H](O)[C@H]3O)cc(c1OCCC)C2. The molecule has 0 aromatic heterocycles. The van der Waals surface area contributed by atoms with E-state index in [0.29, 0.717) is 86.2 Å². The molecule has 0 spiro atoms. The molecule has 10 N–H and O–H groups in total. The van der Waals surface area contributed by atoms with Crippen molar-refractivity contribution in [2.75, 3.05) is 65.9 Å². The summed E-state index contributed by atoms with van der Waals surface area (Å²) in [5.74, 6) is 1.69.